The van der Waals surface area contributed by atoms with Crippen LogP contribution in [0.5, 0.6) is 0 Å². The minimum absolute atomic E-state index is 0.00795. The molecular formula is C21H24ClN3O3S. The first-order valence-electron chi connectivity index (χ1n) is 9.82. The van der Waals surface area contributed by atoms with Crippen LogP contribution in [0.3, 0.4) is 0 Å². The number of benzene rings is 2. The van der Waals surface area contributed by atoms with Gasteiger partial charge in [0.2, 0.25) is 10.0 Å². The number of amides is 2. The van der Waals surface area contributed by atoms with E-state index >= 15 is 0 Å². The van der Waals surface area contributed by atoms with Crippen LogP contribution < -0.4 is 5.32 Å². The van der Waals surface area contributed by atoms with Crippen LogP contribution in [-0.2, 0) is 10.0 Å². The normalized spacial score (nSPS) is 19.0. The van der Waals surface area contributed by atoms with Crippen LogP contribution in [0.25, 0.3) is 0 Å². The van der Waals surface area contributed by atoms with E-state index in [1.54, 1.807) is 23.1 Å². The van der Waals surface area contributed by atoms with Gasteiger partial charge in [0.05, 0.1) is 11.1 Å². The molecule has 154 valence electrons. The molecular weight excluding hydrogens is 410 g/mol. The van der Waals surface area contributed by atoms with E-state index in [-0.39, 0.29) is 35.1 Å². The summed E-state index contributed by atoms with van der Waals surface area (Å²) in [7, 11) is -3.67. The first-order valence-corrected chi connectivity index (χ1v) is 11.6. The van der Waals surface area contributed by atoms with Gasteiger partial charge < -0.3 is 10.2 Å². The number of nitrogens with zero attached hydrogens (tertiary/aromatic N) is 2. The van der Waals surface area contributed by atoms with Gasteiger partial charge in [-0.1, -0.05) is 54.1 Å². The molecule has 1 aliphatic carbocycles. The Hall–Kier alpha value is -2.09. The second-order valence-electron chi connectivity index (χ2n) is 7.50. The van der Waals surface area contributed by atoms with Crippen molar-refractivity contribution < 1.29 is 13.2 Å². The molecule has 29 heavy (non-hydrogen) atoms. The highest BCUT2D eigenvalue weighted by molar-refractivity contribution is 7.89. The summed E-state index contributed by atoms with van der Waals surface area (Å²) in [5, 5.41) is 3.37. The van der Waals surface area contributed by atoms with E-state index in [9.17, 15) is 13.2 Å². The topological polar surface area (TPSA) is 69.7 Å². The maximum Gasteiger partial charge on any atom is 0.317 e. The number of sulfonamides is 1. The fourth-order valence-corrected chi connectivity index (χ4v) is 5.63. The summed E-state index contributed by atoms with van der Waals surface area (Å²) in [5.74, 6) is 0.475. The number of nitrogens with one attached hydrogen (secondary N) is 1. The Balaban J connectivity index is 1.39. The van der Waals surface area contributed by atoms with Crippen LogP contribution in [0.1, 0.15) is 24.4 Å². The molecule has 2 aromatic rings. The van der Waals surface area contributed by atoms with Crippen LogP contribution in [0.4, 0.5) is 4.79 Å². The maximum atomic E-state index is 12.9. The molecule has 2 aliphatic rings. The van der Waals surface area contributed by atoms with Gasteiger partial charge in [-0.2, -0.15) is 4.31 Å². The minimum atomic E-state index is -3.67. The number of carbonyl (C=O) groups is 1. The van der Waals surface area contributed by atoms with Crippen LogP contribution in [0.15, 0.2) is 59.5 Å². The van der Waals surface area contributed by atoms with Crippen molar-refractivity contribution in [1.82, 2.24) is 14.5 Å². The van der Waals surface area contributed by atoms with E-state index < -0.39 is 10.0 Å². The third kappa shape index (κ3) is 4.42. The molecule has 2 fully saturated rings. The highest BCUT2D eigenvalue weighted by Gasteiger charge is 2.36. The predicted octanol–water partition coefficient (Wildman–Crippen LogP) is 3.51. The number of piperazine rings is 1. The Labute approximate surface area is 176 Å². The van der Waals surface area contributed by atoms with Gasteiger partial charge in [-0.05, 0) is 36.5 Å². The number of rotatable bonds is 5. The summed E-state index contributed by atoms with van der Waals surface area (Å²) in [5.41, 5.74) is 1.11. The molecule has 2 amide bonds. The second-order valence-corrected chi connectivity index (χ2v) is 9.81. The Bertz CT molecular complexity index is 972. The number of hydrogen-bond donors (Lipinski definition) is 1. The molecule has 6 nitrogen and oxygen atoms in total. The minimum Gasteiger partial charge on any atom is -0.331 e. The molecule has 0 radical (unpaired) electrons. The quantitative estimate of drug-likeness (QED) is 0.784. The summed E-state index contributed by atoms with van der Waals surface area (Å²) >= 11 is 6.08. The summed E-state index contributed by atoms with van der Waals surface area (Å²) in [6, 6.07) is 16.3. The lowest BCUT2D eigenvalue weighted by Gasteiger charge is -2.35. The van der Waals surface area contributed by atoms with Crippen molar-refractivity contribution in [3.63, 3.8) is 0 Å². The predicted molar refractivity (Wildman–Crippen MR) is 112 cm³/mol. The van der Waals surface area contributed by atoms with Gasteiger partial charge >= 0.3 is 6.03 Å². The molecule has 1 heterocycles. The lowest BCUT2D eigenvalue weighted by atomic mass is 10.0. The van der Waals surface area contributed by atoms with Crippen LogP contribution >= 0.6 is 11.6 Å². The summed E-state index contributed by atoms with van der Waals surface area (Å²) in [4.78, 5) is 14.6. The van der Waals surface area contributed by atoms with Gasteiger partial charge in [-0.15, -0.1) is 0 Å². The van der Waals surface area contributed by atoms with E-state index in [4.69, 9.17) is 11.6 Å². The lowest BCUT2D eigenvalue weighted by molar-refractivity contribution is 0.167. The van der Waals surface area contributed by atoms with Crippen molar-refractivity contribution in [2.45, 2.75) is 23.8 Å². The molecule has 0 unspecified atom stereocenters. The number of hydrogen-bond acceptors (Lipinski definition) is 3. The molecule has 1 saturated heterocycles. The molecule has 1 atom stereocenters. The zero-order chi connectivity index (χ0) is 20.4. The molecule has 8 heteroatoms. The van der Waals surface area contributed by atoms with E-state index in [0.29, 0.717) is 19.0 Å². The van der Waals surface area contributed by atoms with Crippen molar-refractivity contribution in [1.29, 1.82) is 0 Å². The average Bonchev–Trinajstić information content (AvgIpc) is 3.58. The molecule has 1 saturated carbocycles. The van der Waals surface area contributed by atoms with Gasteiger partial charge in [0, 0.05) is 26.2 Å². The number of urea groups is 1. The molecule has 0 bridgehead atoms. The Morgan fingerprint density at radius 2 is 1.59 bits per heavy atom. The van der Waals surface area contributed by atoms with E-state index in [2.05, 4.69) is 5.32 Å². The molecule has 0 aromatic heterocycles. The van der Waals surface area contributed by atoms with Gasteiger partial charge in [-0.3, -0.25) is 0 Å². The van der Waals surface area contributed by atoms with Gasteiger partial charge in [0.1, 0.15) is 4.90 Å². The first-order chi connectivity index (χ1) is 14.0. The van der Waals surface area contributed by atoms with Crippen molar-refractivity contribution >= 4 is 27.7 Å². The second kappa shape index (κ2) is 8.34. The van der Waals surface area contributed by atoms with Gasteiger partial charge in [-0.25, -0.2) is 13.2 Å². The molecule has 1 N–H and O–H groups in total. The number of halogens is 1. The third-order valence-corrected chi connectivity index (χ3v) is 7.91. The van der Waals surface area contributed by atoms with Gasteiger partial charge in [0.25, 0.3) is 0 Å². The highest BCUT2D eigenvalue weighted by atomic mass is 35.5. The Morgan fingerprint density at radius 1 is 0.966 bits per heavy atom. The van der Waals surface area contributed by atoms with E-state index in [1.165, 1.54) is 10.4 Å². The van der Waals surface area contributed by atoms with Crippen molar-refractivity contribution in [2.24, 2.45) is 5.92 Å². The van der Waals surface area contributed by atoms with Crippen molar-refractivity contribution in [2.75, 3.05) is 26.2 Å². The molecule has 0 spiro atoms. The fraction of sp³-hybridized carbons (Fsp3) is 0.381. The average molecular weight is 434 g/mol. The SMILES string of the molecule is O=C(N[C@H](c1ccccc1)C1CC1)N1CCN(S(=O)(=O)c2ccccc2Cl)CC1. The zero-order valence-electron chi connectivity index (χ0n) is 16.0. The Kier molecular flexibility index (Phi) is 5.81. The van der Waals surface area contributed by atoms with Crippen LogP contribution in [0.2, 0.25) is 5.02 Å². The Morgan fingerprint density at radius 3 is 2.21 bits per heavy atom. The molecule has 4 rings (SSSR count). The largest absolute Gasteiger partial charge is 0.331 e. The highest BCUT2D eigenvalue weighted by Crippen LogP contribution is 2.41. The first kappa shape index (κ1) is 20.2. The van der Waals surface area contributed by atoms with E-state index in [1.807, 2.05) is 30.3 Å². The standard InChI is InChI=1S/C21H24ClN3O3S/c22-18-8-4-5-9-19(18)29(27,28)25-14-12-24(13-15-25)21(26)23-20(17-10-11-17)16-6-2-1-3-7-16/h1-9,17,20H,10-15H2,(H,23,26)/t20-/m1/s1. The van der Waals surface area contributed by atoms with Crippen molar-refractivity contribution in [3.8, 4) is 0 Å². The monoisotopic (exact) mass is 433 g/mol. The summed E-state index contributed by atoms with van der Waals surface area (Å²) < 4.78 is 27.1. The van der Waals surface area contributed by atoms with Gasteiger partial charge in [0.15, 0.2) is 0 Å². The van der Waals surface area contributed by atoms with Crippen LogP contribution in [-0.4, -0.2) is 49.8 Å². The van der Waals surface area contributed by atoms with E-state index in [0.717, 1.165) is 18.4 Å². The number of carbonyl (C=O) groups excluding carboxylic acids is 1. The fourth-order valence-electron chi connectivity index (χ4n) is 3.71. The van der Waals surface area contributed by atoms with Crippen LogP contribution in [0, 0.1) is 5.92 Å². The van der Waals surface area contributed by atoms with Crippen molar-refractivity contribution in [3.05, 3.63) is 65.2 Å². The smallest absolute Gasteiger partial charge is 0.317 e. The lowest BCUT2D eigenvalue weighted by Crippen LogP contribution is -2.53. The summed E-state index contributed by atoms with van der Waals surface area (Å²) in [6.45, 7) is 1.20. The zero-order valence-corrected chi connectivity index (χ0v) is 17.6. The molecule has 2 aromatic carbocycles. The third-order valence-electron chi connectivity index (χ3n) is 5.51. The maximum absolute atomic E-state index is 12.9. The molecule has 1 aliphatic heterocycles. The summed E-state index contributed by atoms with van der Waals surface area (Å²) in [6.07, 6.45) is 2.23.